The number of methoxy groups -OCH3 is 3. The van der Waals surface area contributed by atoms with Gasteiger partial charge in [0.1, 0.15) is 0 Å². The average molecular weight is 497 g/mol. The molecule has 2 N–H and O–H groups in total. The summed E-state index contributed by atoms with van der Waals surface area (Å²) in [5.41, 5.74) is -1.28. The predicted octanol–water partition coefficient (Wildman–Crippen LogP) is 2.95. The van der Waals surface area contributed by atoms with Gasteiger partial charge in [-0.25, -0.2) is 0 Å². The Hall–Kier alpha value is -3.96. The number of alkyl halides is 3. The molecule has 0 spiro atoms. The first-order valence-electron chi connectivity index (χ1n) is 10.4. The standard InChI is InChI=1S/C23H26F3N3O6/c1-5-29(13-19(30)28-16-9-7-6-8-15(16)23(24,25)26)20(31)12-27-22(32)14-10-17(33-2)21(35-4)18(11-14)34-3/h6-11H,5,12-13H2,1-4H3,(H,27,32)(H,28,30). The lowest BCUT2D eigenvalue weighted by Gasteiger charge is -2.21. The highest BCUT2D eigenvalue weighted by Gasteiger charge is 2.33. The van der Waals surface area contributed by atoms with Crippen LogP contribution in [-0.4, -0.2) is 63.6 Å². The van der Waals surface area contributed by atoms with Crippen LogP contribution in [0.5, 0.6) is 17.2 Å². The van der Waals surface area contributed by atoms with Crippen LogP contribution in [0.4, 0.5) is 18.9 Å². The number of likely N-dealkylation sites (N-methyl/N-ethyl adjacent to an activating group) is 1. The predicted molar refractivity (Wildman–Crippen MR) is 121 cm³/mol. The van der Waals surface area contributed by atoms with Crippen molar-refractivity contribution in [2.24, 2.45) is 0 Å². The van der Waals surface area contributed by atoms with Crippen LogP contribution in [-0.2, 0) is 15.8 Å². The lowest BCUT2D eigenvalue weighted by Crippen LogP contribution is -2.43. The van der Waals surface area contributed by atoms with E-state index in [1.807, 2.05) is 0 Å². The first-order valence-corrected chi connectivity index (χ1v) is 10.4. The van der Waals surface area contributed by atoms with Crippen LogP contribution < -0.4 is 24.8 Å². The van der Waals surface area contributed by atoms with Gasteiger partial charge in [-0.1, -0.05) is 12.1 Å². The van der Waals surface area contributed by atoms with Gasteiger partial charge in [-0.15, -0.1) is 0 Å². The smallest absolute Gasteiger partial charge is 0.418 e. The molecule has 0 saturated heterocycles. The van der Waals surface area contributed by atoms with Crippen LogP contribution in [0.1, 0.15) is 22.8 Å². The van der Waals surface area contributed by atoms with Crippen LogP contribution in [0.15, 0.2) is 36.4 Å². The van der Waals surface area contributed by atoms with Gasteiger partial charge in [0.15, 0.2) is 11.5 Å². The number of nitrogens with one attached hydrogen (secondary N) is 2. The van der Waals surface area contributed by atoms with Crippen LogP contribution in [0.2, 0.25) is 0 Å². The third-order valence-corrected chi connectivity index (χ3v) is 4.90. The Kier molecular flexibility index (Phi) is 9.32. The van der Waals surface area contributed by atoms with Crippen molar-refractivity contribution in [3.8, 4) is 17.2 Å². The Balaban J connectivity index is 2.03. The summed E-state index contributed by atoms with van der Waals surface area (Å²) >= 11 is 0. The minimum atomic E-state index is -4.65. The molecule has 0 saturated carbocycles. The second kappa shape index (κ2) is 12.0. The van der Waals surface area contributed by atoms with Crippen LogP contribution >= 0.6 is 0 Å². The number of carbonyl (C=O) groups is 3. The van der Waals surface area contributed by atoms with Crippen LogP contribution in [0.25, 0.3) is 0 Å². The van der Waals surface area contributed by atoms with Crippen molar-refractivity contribution in [3.05, 3.63) is 47.5 Å². The molecule has 0 aliphatic rings. The maximum atomic E-state index is 13.1. The number of amides is 3. The van der Waals surface area contributed by atoms with E-state index in [1.165, 1.54) is 45.6 Å². The van der Waals surface area contributed by atoms with Crippen molar-refractivity contribution in [1.29, 1.82) is 0 Å². The van der Waals surface area contributed by atoms with Gasteiger partial charge in [0.2, 0.25) is 17.6 Å². The molecule has 0 aromatic heterocycles. The molecule has 0 unspecified atom stereocenters. The molecule has 0 aliphatic heterocycles. The fourth-order valence-corrected chi connectivity index (χ4v) is 3.16. The van der Waals surface area contributed by atoms with Gasteiger partial charge in [-0.3, -0.25) is 14.4 Å². The fraction of sp³-hybridized carbons (Fsp3) is 0.348. The minimum Gasteiger partial charge on any atom is -0.493 e. The zero-order valence-electron chi connectivity index (χ0n) is 19.6. The van der Waals surface area contributed by atoms with E-state index in [4.69, 9.17) is 14.2 Å². The quantitative estimate of drug-likeness (QED) is 0.523. The summed E-state index contributed by atoms with van der Waals surface area (Å²) in [6.45, 7) is 0.737. The summed E-state index contributed by atoms with van der Waals surface area (Å²) in [4.78, 5) is 38.5. The Morgan fingerprint density at radius 1 is 0.971 bits per heavy atom. The zero-order valence-corrected chi connectivity index (χ0v) is 19.6. The number of hydrogen-bond donors (Lipinski definition) is 2. The monoisotopic (exact) mass is 497 g/mol. The number of nitrogens with zero attached hydrogens (tertiary/aromatic N) is 1. The maximum Gasteiger partial charge on any atom is 0.418 e. The highest BCUT2D eigenvalue weighted by molar-refractivity contribution is 5.99. The molecule has 0 fully saturated rings. The van der Waals surface area contributed by atoms with E-state index < -0.39 is 48.2 Å². The first-order chi connectivity index (χ1) is 16.5. The number of halogens is 3. The third-order valence-electron chi connectivity index (χ3n) is 4.90. The largest absolute Gasteiger partial charge is 0.493 e. The number of carbonyl (C=O) groups excluding carboxylic acids is 3. The summed E-state index contributed by atoms with van der Waals surface area (Å²) in [5, 5.41) is 4.63. The summed E-state index contributed by atoms with van der Waals surface area (Å²) in [6.07, 6.45) is -4.65. The van der Waals surface area contributed by atoms with Gasteiger partial charge in [0.05, 0.1) is 45.7 Å². The lowest BCUT2D eigenvalue weighted by atomic mass is 10.1. The highest BCUT2D eigenvalue weighted by atomic mass is 19.4. The summed E-state index contributed by atoms with van der Waals surface area (Å²) in [5.74, 6) is -1.25. The Morgan fingerprint density at radius 3 is 2.09 bits per heavy atom. The number of benzene rings is 2. The van der Waals surface area contributed by atoms with Gasteiger partial charge in [-0.05, 0) is 31.2 Å². The molecule has 2 rings (SSSR count). The van der Waals surface area contributed by atoms with Crippen molar-refractivity contribution < 1.29 is 41.8 Å². The molecule has 3 amide bonds. The molecule has 12 heteroatoms. The molecule has 2 aromatic carbocycles. The minimum absolute atomic E-state index is 0.0905. The van der Waals surface area contributed by atoms with Crippen LogP contribution in [0, 0.1) is 0 Å². The second-order valence-corrected chi connectivity index (χ2v) is 7.10. The van der Waals surface area contributed by atoms with Crippen molar-refractivity contribution in [2.45, 2.75) is 13.1 Å². The van der Waals surface area contributed by atoms with Gasteiger partial charge in [0.25, 0.3) is 5.91 Å². The lowest BCUT2D eigenvalue weighted by molar-refractivity contribution is -0.137. The van der Waals surface area contributed by atoms with E-state index in [9.17, 15) is 27.6 Å². The Bertz CT molecular complexity index is 1050. The van der Waals surface area contributed by atoms with Crippen molar-refractivity contribution in [1.82, 2.24) is 10.2 Å². The van der Waals surface area contributed by atoms with Gasteiger partial charge in [-0.2, -0.15) is 13.2 Å². The molecular weight excluding hydrogens is 471 g/mol. The molecule has 2 aromatic rings. The Labute approximate surface area is 200 Å². The molecular formula is C23H26F3N3O6. The van der Waals surface area contributed by atoms with E-state index >= 15 is 0 Å². The van der Waals surface area contributed by atoms with E-state index in [0.29, 0.717) is 0 Å². The molecule has 0 heterocycles. The summed E-state index contributed by atoms with van der Waals surface area (Å²) in [6, 6.07) is 7.34. The van der Waals surface area contributed by atoms with E-state index in [-0.39, 0.29) is 29.4 Å². The maximum absolute atomic E-state index is 13.1. The molecule has 0 atom stereocenters. The normalized spacial score (nSPS) is 10.8. The zero-order chi connectivity index (χ0) is 26.2. The van der Waals surface area contributed by atoms with Crippen molar-refractivity contribution >= 4 is 23.4 Å². The molecule has 0 aliphatic carbocycles. The van der Waals surface area contributed by atoms with E-state index in [1.54, 1.807) is 6.92 Å². The number of rotatable bonds is 10. The highest BCUT2D eigenvalue weighted by Crippen LogP contribution is 2.38. The summed E-state index contributed by atoms with van der Waals surface area (Å²) in [7, 11) is 4.19. The number of para-hydroxylation sites is 1. The SMILES string of the molecule is CCN(CC(=O)Nc1ccccc1C(F)(F)F)C(=O)CNC(=O)c1cc(OC)c(OC)c(OC)c1. The molecule has 0 bridgehead atoms. The first kappa shape index (κ1) is 27.3. The fourth-order valence-electron chi connectivity index (χ4n) is 3.16. The van der Waals surface area contributed by atoms with E-state index in [0.717, 1.165) is 17.0 Å². The van der Waals surface area contributed by atoms with E-state index in [2.05, 4.69) is 10.6 Å². The molecule has 9 nitrogen and oxygen atoms in total. The Morgan fingerprint density at radius 2 is 1.57 bits per heavy atom. The van der Waals surface area contributed by atoms with Crippen molar-refractivity contribution in [3.63, 3.8) is 0 Å². The van der Waals surface area contributed by atoms with Gasteiger partial charge in [0, 0.05) is 12.1 Å². The molecule has 0 radical (unpaired) electrons. The molecule has 190 valence electrons. The second-order valence-electron chi connectivity index (χ2n) is 7.10. The third kappa shape index (κ3) is 7.01. The van der Waals surface area contributed by atoms with Gasteiger partial charge < -0.3 is 29.7 Å². The number of anilines is 1. The number of hydrogen-bond acceptors (Lipinski definition) is 6. The van der Waals surface area contributed by atoms with Crippen LogP contribution in [0.3, 0.4) is 0 Å². The topological polar surface area (TPSA) is 106 Å². The number of ether oxygens (including phenoxy) is 3. The van der Waals surface area contributed by atoms with Gasteiger partial charge >= 0.3 is 6.18 Å². The molecule has 35 heavy (non-hydrogen) atoms. The average Bonchev–Trinajstić information content (AvgIpc) is 2.84. The van der Waals surface area contributed by atoms with Crippen molar-refractivity contribution in [2.75, 3.05) is 46.3 Å². The summed E-state index contributed by atoms with van der Waals surface area (Å²) < 4.78 is 55.0.